The molecule has 0 spiro atoms. The van der Waals surface area contributed by atoms with Crippen molar-refractivity contribution in [3.05, 3.63) is 59.2 Å². The fraction of sp³-hybridized carbons (Fsp3) is 0.440. The van der Waals surface area contributed by atoms with Crippen molar-refractivity contribution < 1.29 is 9.53 Å². The molecule has 0 unspecified atom stereocenters. The lowest BCUT2D eigenvalue weighted by molar-refractivity contribution is -0.121. The van der Waals surface area contributed by atoms with E-state index in [1.54, 1.807) is 18.1 Å². The summed E-state index contributed by atoms with van der Waals surface area (Å²) in [7, 11) is 0. The number of carbonyl (C=O) groups is 1. The van der Waals surface area contributed by atoms with E-state index >= 15 is 0 Å². The molecule has 1 fully saturated rings. The molecule has 1 saturated heterocycles. The average molecular weight is 481 g/mol. The molecule has 3 heterocycles. The molecule has 1 aromatic carbocycles. The van der Waals surface area contributed by atoms with E-state index in [0.29, 0.717) is 32.6 Å². The third-order valence-corrected chi connectivity index (χ3v) is 6.87. The van der Waals surface area contributed by atoms with Crippen LogP contribution in [0, 0.1) is 13.8 Å². The topological polar surface area (TPSA) is 85.2 Å². The number of aryl methyl sites for hydroxylation is 1. The molecule has 8 nitrogen and oxygen atoms in total. The molecule has 34 heavy (non-hydrogen) atoms. The van der Waals surface area contributed by atoms with Crippen LogP contribution in [0.4, 0.5) is 5.82 Å². The zero-order chi connectivity index (χ0) is 23.9. The van der Waals surface area contributed by atoms with Gasteiger partial charge < -0.3 is 15.0 Å². The number of hydrogen-bond acceptors (Lipinski definition) is 7. The van der Waals surface area contributed by atoms with E-state index in [-0.39, 0.29) is 5.91 Å². The maximum Gasteiger partial charge on any atom is 0.220 e. The van der Waals surface area contributed by atoms with Crippen molar-refractivity contribution in [2.24, 2.45) is 0 Å². The Balaban J connectivity index is 1.33. The van der Waals surface area contributed by atoms with Gasteiger partial charge in [0, 0.05) is 42.7 Å². The fourth-order valence-corrected chi connectivity index (χ4v) is 4.55. The second kappa shape index (κ2) is 11.5. The number of thioether (sulfide) groups is 1. The number of hydrogen-bond donors (Lipinski definition) is 1. The highest BCUT2D eigenvalue weighted by Crippen LogP contribution is 2.21. The Labute approximate surface area is 205 Å². The molecule has 1 aliphatic rings. The van der Waals surface area contributed by atoms with Gasteiger partial charge in [0.05, 0.1) is 18.9 Å². The van der Waals surface area contributed by atoms with Gasteiger partial charge >= 0.3 is 0 Å². The quantitative estimate of drug-likeness (QED) is 0.471. The van der Waals surface area contributed by atoms with Crippen LogP contribution in [0.25, 0.3) is 5.82 Å². The number of carbonyl (C=O) groups excluding carboxylic acids is 1. The van der Waals surface area contributed by atoms with Gasteiger partial charge in [-0.2, -0.15) is 5.10 Å². The molecular formula is C25H32N6O2S. The molecule has 0 radical (unpaired) electrons. The predicted molar refractivity (Wildman–Crippen MR) is 135 cm³/mol. The maximum absolute atomic E-state index is 12.4. The van der Waals surface area contributed by atoms with E-state index in [9.17, 15) is 4.79 Å². The van der Waals surface area contributed by atoms with E-state index in [0.717, 1.165) is 48.1 Å². The Morgan fingerprint density at radius 3 is 2.56 bits per heavy atom. The first-order chi connectivity index (χ1) is 16.5. The summed E-state index contributed by atoms with van der Waals surface area (Å²) in [5, 5.41) is 7.75. The number of aromatic nitrogens is 4. The molecule has 4 rings (SSSR count). The summed E-state index contributed by atoms with van der Waals surface area (Å²) in [5.74, 6) is 1.68. The number of morpholine rings is 1. The Bertz CT molecular complexity index is 1110. The normalized spacial score (nSPS) is 13.8. The fourth-order valence-electron chi connectivity index (χ4n) is 4.14. The summed E-state index contributed by atoms with van der Waals surface area (Å²) in [5.41, 5.74) is 4.25. The van der Waals surface area contributed by atoms with Crippen LogP contribution in [0.1, 0.15) is 28.9 Å². The summed E-state index contributed by atoms with van der Waals surface area (Å²) in [6.45, 7) is 7.70. The van der Waals surface area contributed by atoms with Gasteiger partial charge in [0.2, 0.25) is 5.91 Å². The predicted octanol–water partition coefficient (Wildman–Crippen LogP) is 3.13. The zero-order valence-electron chi connectivity index (χ0n) is 20.1. The van der Waals surface area contributed by atoms with Crippen molar-refractivity contribution in [1.82, 2.24) is 25.1 Å². The van der Waals surface area contributed by atoms with Crippen LogP contribution in [0.5, 0.6) is 0 Å². The van der Waals surface area contributed by atoms with Crippen LogP contribution < -0.4 is 10.2 Å². The molecule has 0 atom stereocenters. The number of ether oxygens (including phenoxy) is 1. The molecule has 2 aromatic heterocycles. The standard InChI is InChI=1S/C25H32N6O2S/c1-18-22(8-9-25(32)26-11-10-20-4-6-21(34-3)7-5-20)19(2)31(29-18)24-16-23(27-17-28-24)30-12-14-33-15-13-30/h4-7,16-17H,8-15H2,1-3H3,(H,26,32). The first kappa shape index (κ1) is 24.2. The van der Waals surface area contributed by atoms with Crippen LogP contribution in [-0.2, 0) is 22.4 Å². The maximum atomic E-state index is 12.4. The zero-order valence-corrected chi connectivity index (χ0v) is 20.9. The summed E-state index contributed by atoms with van der Waals surface area (Å²) < 4.78 is 7.29. The lowest BCUT2D eigenvalue weighted by Crippen LogP contribution is -2.36. The second-order valence-corrected chi connectivity index (χ2v) is 9.22. The van der Waals surface area contributed by atoms with Gasteiger partial charge in [-0.3, -0.25) is 4.79 Å². The highest BCUT2D eigenvalue weighted by Gasteiger charge is 2.17. The second-order valence-electron chi connectivity index (χ2n) is 8.34. The third-order valence-electron chi connectivity index (χ3n) is 6.13. The Morgan fingerprint density at radius 2 is 1.82 bits per heavy atom. The number of benzene rings is 1. The van der Waals surface area contributed by atoms with Crippen molar-refractivity contribution in [3.8, 4) is 5.82 Å². The summed E-state index contributed by atoms with van der Waals surface area (Å²) in [4.78, 5) is 24.8. The van der Waals surface area contributed by atoms with Crippen LogP contribution in [0.15, 0.2) is 41.6 Å². The van der Waals surface area contributed by atoms with Crippen molar-refractivity contribution in [2.45, 2.75) is 38.0 Å². The van der Waals surface area contributed by atoms with Gasteiger partial charge in [-0.15, -0.1) is 11.8 Å². The van der Waals surface area contributed by atoms with Crippen LogP contribution >= 0.6 is 11.8 Å². The Kier molecular flexibility index (Phi) is 8.18. The van der Waals surface area contributed by atoms with Crippen molar-refractivity contribution in [2.75, 3.05) is 44.0 Å². The number of anilines is 1. The van der Waals surface area contributed by atoms with Gasteiger partial charge in [-0.1, -0.05) is 12.1 Å². The smallest absolute Gasteiger partial charge is 0.220 e. The van der Waals surface area contributed by atoms with E-state index in [1.807, 2.05) is 24.6 Å². The minimum atomic E-state index is 0.0592. The first-order valence-electron chi connectivity index (χ1n) is 11.6. The third kappa shape index (κ3) is 5.95. The van der Waals surface area contributed by atoms with Crippen LogP contribution in [0.2, 0.25) is 0 Å². The highest BCUT2D eigenvalue weighted by molar-refractivity contribution is 7.98. The Hall–Kier alpha value is -2.91. The molecule has 1 amide bonds. The molecule has 180 valence electrons. The molecular weight excluding hydrogens is 448 g/mol. The molecule has 0 bridgehead atoms. The Morgan fingerprint density at radius 1 is 1.09 bits per heavy atom. The number of nitrogens with zero attached hydrogens (tertiary/aromatic N) is 5. The highest BCUT2D eigenvalue weighted by atomic mass is 32.2. The van der Waals surface area contributed by atoms with Crippen LogP contribution in [-0.4, -0.2) is 64.8 Å². The van der Waals surface area contributed by atoms with Gasteiger partial charge in [-0.05, 0) is 56.2 Å². The molecule has 0 saturated carbocycles. The minimum absolute atomic E-state index is 0.0592. The van der Waals surface area contributed by atoms with Crippen molar-refractivity contribution in [1.29, 1.82) is 0 Å². The van der Waals surface area contributed by atoms with Crippen LogP contribution in [0.3, 0.4) is 0 Å². The lowest BCUT2D eigenvalue weighted by atomic mass is 10.1. The monoisotopic (exact) mass is 480 g/mol. The minimum Gasteiger partial charge on any atom is -0.378 e. The number of amides is 1. The molecule has 1 N–H and O–H groups in total. The van der Waals surface area contributed by atoms with Gasteiger partial charge in [0.15, 0.2) is 5.82 Å². The lowest BCUT2D eigenvalue weighted by Gasteiger charge is -2.27. The SMILES string of the molecule is CSc1ccc(CCNC(=O)CCc2c(C)nn(-c3cc(N4CCOCC4)ncn3)c2C)cc1. The summed E-state index contributed by atoms with van der Waals surface area (Å²) >= 11 is 1.73. The van der Waals surface area contributed by atoms with E-state index < -0.39 is 0 Å². The summed E-state index contributed by atoms with van der Waals surface area (Å²) in [6.07, 6.45) is 5.56. The summed E-state index contributed by atoms with van der Waals surface area (Å²) in [6, 6.07) is 10.4. The first-order valence-corrected chi connectivity index (χ1v) is 12.9. The molecule has 1 aliphatic heterocycles. The van der Waals surface area contributed by atoms with E-state index in [1.165, 1.54) is 10.5 Å². The van der Waals surface area contributed by atoms with Gasteiger partial charge in [0.25, 0.3) is 0 Å². The van der Waals surface area contributed by atoms with Crippen molar-refractivity contribution >= 4 is 23.5 Å². The number of rotatable bonds is 9. The van der Waals surface area contributed by atoms with Gasteiger partial charge in [0.1, 0.15) is 12.1 Å². The van der Waals surface area contributed by atoms with E-state index in [4.69, 9.17) is 9.84 Å². The van der Waals surface area contributed by atoms with Crippen molar-refractivity contribution in [3.63, 3.8) is 0 Å². The largest absolute Gasteiger partial charge is 0.378 e. The van der Waals surface area contributed by atoms with E-state index in [2.05, 4.69) is 50.7 Å². The average Bonchev–Trinajstić information content (AvgIpc) is 3.16. The molecule has 9 heteroatoms. The molecule has 3 aromatic rings. The molecule has 0 aliphatic carbocycles. The number of nitrogens with one attached hydrogen (secondary N) is 1. The van der Waals surface area contributed by atoms with Gasteiger partial charge in [-0.25, -0.2) is 14.6 Å².